The summed E-state index contributed by atoms with van der Waals surface area (Å²) in [6, 6.07) is 14.9. The van der Waals surface area contributed by atoms with Crippen molar-refractivity contribution in [3.05, 3.63) is 54.1 Å². The number of hydrogen-bond donors (Lipinski definition) is 1. The Hall–Kier alpha value is -2.31. The third-order valence-corrected chi connectivity index (χ3v) is 3.82. The summed E-state index contributed by atoms with van der Waals surface area (Å²) in [6.45, 7) is 3.37. The molecule has 2 aromatic rings. The van der Waals surface area contributed by atoms with Gasteiger partial charge in [0.2, 0.25) is 0 Å². The van der Waals surface area contributed by atoms with Crippen molar-refractivity contribution in [1.82, 2.24) is 4.90 Å². The SMILES string of the molecule is CCOc1ccccc1OC[C@H](O)CN(C)Cc1ccc(OCCF)cc1. The summed E-state index contributed by atoms with van der Waals surface area (Å²) in [4.78, 5) is 2.01. The molecule has 5 nitrogen and oxygen atoms in total. The van der Waals surface area contributed by atoms with Crippen LogP contribution in [0.3, 0.4) is 0 Å². The van der Waals surface area contributed by atoms with Gasteiger partial charge in [-0.3, -0.25) is 4.90 Å². The van der Waals surface area contributed by atoms with Gasteiger partial charge in [0, 0.05) is 13.1 Å². The molecular weight excluding hydrogens is 349 g/mol. The average molecular weight is 377 g/mol. The van der Waals surface area contributed by atoms with Crippen molar-refractivity contribution in [2.75, 3.05) is 40.1 Å². The summed E-state index contributed by atoms with van der Waals surface area (Å²) >= 11 is 0. The largest absolute Gasteiger partial charge is 0.491 e. The molecule has 1 N–H and O–H groups in total. The summed E-state index contributed by atoms with van der Waals surface area (Å²) in [5.74, 6) is 1.96. The highest BCUT2D eigenvalue weighted by Crippen LogP contribution is 2.26. The number of benzene rings is 2. The van der Waals surface area contributed by atoms with Crippen LogP contribution in [-0.4, -0.2) is 56.2 Å². The molecule has 148 valence electrons. The molecule has 0 aliphatic carbocycles. The smallest absolute Gasteiger partial charge is 0.161 e. The summed E-state index contributed by atoms with van der Waals surface area (Å²) in [7, 11) is 1.94. The lowest BCUT2D eigenvalue weighted by Crippen LogP contribution is -2.32. The van der Waals surface area contributed by atoms with Crippen LogP contribution in [0.25, 0.3) is 0 Å². The Morgan fingerprint density at radius 2 is 1.67 bits per heavy atom. The molecule has 1 atom stereocenters. The molecule has 0 aromatic heterocycles. The maximum absolute atomic E-state index is 12.1. The van der Waals surface area contributed by atoms with E-state index < -0.39 is 12.8 Å². The molecule has 6 heteroatoms. The first-order chi connectivity index (χ1) is 13.1. The van der Waals surface area contributed by atoms with Crippen molar-refractivity contribution in [3.8, 4) is 17.2 Å². The van der Waals surface area contributed by atoms with Gasteiger partial charge in [0.25, 0.3) is 0 Å². The van der Waals surface area contributed by atoms with Gasteiger partial charge in [0.15, 0.2) is 11.5 Å². The van der Waals surface area contributed by atoms with E-state index in [4.69, 9.17) is 14.2 Å². The number of alkyl halides is 1. The van der Waals surface area contributed by atoms with Crippen molar-refractivity contribution in [2.45, 2.75) is 19.6 Å². The van der Waals surface area contributed by atoms with Crippen molar-refractivity contribution >= 4 is 0 Å². The summed E-state index contributed by atoms with van der Waals surface area (Å²) < 4.78 is 28.6. The van der Waals surface area contributed by atoms with Gasteiger partial charge in [0.05, 0.1) is 6.61 Å². The van der Waals surface area contributed by atoms with Crippen LogP contribution in [0.2, 0.25) is 0 Å². The Morgan fingerprint density at radius 1 is 1.00 bits per heavy atom. The lowest BCUT2D eigenvalue weighted by Gasteiger charge is -2.21. The topological polar surface area (TPSA) is 51.2 Å². The van der Waals surface area contributed by atoms with E-state index in [0.717, 1.165) is 5.56 Å². The Labute approximate surface area is 160 Å². The minimum Gasteiger partial charge on any atom is -0.491 e. The molecule has 0 amide bonds. The molecule has 2 rings (SSSR count). The van der Waals surface area contributed by atoms with E-state index in [1.165, 1.54) is 0 Å². The Bertz CT molecular complexity index is 665. The zero-order valence-corrected chi connectivity index (χ0v) is 15.9. The van der Waals surface area contributed by atoms with Crippen LogP contribution in [-0.2, 0) is 6.54 Å². The lowest BCUT2D eigenvalue weighted by atomic mass is 10.2. The zero-order chi connectivity index (χ0) is 19.5. The van der Waals surface area contributed by atoms with Crippen LogP contribution in [0.4, 0.5) is 4.39 Å². The molecule has 0 saturated carbocycles. The van der Waals surface area contributed by atoms with Gasteiger partial charge < -0.3 is 19.3 Å². The summed E-state index contributed by atoms with van der Waals surface area (Å²) in [5, 5.41) is 10.3. The molecule has 0 fully saturated rings. The van der Waals surface area contributed by atoms with Gasteiger partial charge >= 0.3 is 0 Å². The first-order valence-corrected chi connectivity index (χ1v) is 9.11. The minimum absolute atomic E-state index is 0.0673. The van der Waals surface area contributed by atoms with Gasteiger partial charge in [-0.25, -0.2) is 4.39 Å². The summed E-state index contributed by atoms with van der Waals surface area (Å²) in [6.07, 6.45) is -0.628. The number of para-hydroxylation sites is 2. The van der Waals surface area contributed by atoms with Gasteiger partial charge in [0.1, 0.15) is 31.7 Å². The second-order valence-electron chi connectivity index (χ2n) is 6.22. The highest BCUT2D eigenvalue weighted by Gasteiger charge is 2.12. The molecule has 0 aliphatic heterocycles. The number of aliphatic hydroxyl groups excluding tert-OH is 1. The van der Waals surface area contributed by atoms with Gasteiger partial charge in [-0.2, -0.15) is 0 Å². The fourth-order valence-electron chi connectivity index (χ4n) is 2.67. The predicted octanol–water partition coefficient (Wildman–Crippen LogP) is 3.31. The van der Waals surface area contributed by atoms with Crippen LogP contribution >= 0.6 is 0 Å². The quantitative estimate of drug-likeness (QED) is 0.615. The third-order valence-electron chi connectivity index (χ3n) is 3.82. The number of aliphatic hydroxyl groups is 1. The minimum atomic E-state index is -0.628. The number of nitrogens with zero attached hydrogens (tertiary/aromatic N) is 1. The third kappa shape index (κ3) is 7.45. The number of halogens is 1. The molecule has 0 spiro atoms. The highest BCUT2D eigenvalue weighted by molar-refractivity contribution is 5.39. The second kappa shape index (κ2) is 11.4. The van der Waals surface area contributed by atoms with Crippen LogP contribution < -0.4 is 14.2 Å². The summed E-state index contributed by atoms with van der Waals surface area (Å²) in [5.41, 5.74) is 1.08. The highest BCUT2D eigenvalue weighted by atomic mass is 19.1. The van der Waals surface area contributed by atoms with Crippen molar-refractivity contribution in [1.29, 1.82) is 0 Å². The van der Waals surface area contributed by atoms with E-state index in [0.29, 0.717) is 36.9 Å². The van der Waals surface area contributed by atoms with Crippen molar-refractivity contribution in [2.24, 2.45) is 0 Å². The molecule has 2 aromatic carbocycles. The molecule has 0 radical (unpaired) electrons. The molecular formula is C21H28FNO4. The number of ether oxygens (including phenoxy) is 3. The Morgan fingerprint density at radius 3 is 2.30 bits per heavy atom. The predicted molar refractivity (Wildman–Crippen MR) is 103 cm³/mol. The fraction of sp³-hybridized carbons (Fsp3) is 0.429. The van der Waals surface area contributed by atoms with Gasteiger partial charge in [-0.05, 0) is 43.8 Å². The van der Waals surface area contributed by atoms with Crippen LogP contribution in [0.1, 0.15) is 12.5 Å². The van der Waals surface area contributed by atoms with Crippen LogP contribution in [0.15, 0.2) is 48.5 Å². The molecule has 0 heterocycles. The van der Waals surface area contributed by atoms with Crippen molar-refractivity contribution < 1.29 is 23.7 Å². The van der Waals surface area contributed by atoms with E-state index in [9.17, 15) is 9.50 Å². The normalized spacial score (nSPS) is 12.0. The molecule has 0 aliphatic rings. The monoisotopic (exact) mass is 377 g/mol. The van der Waals surface area contributed by atoms with Crippen LogP contribution in [0, 0.1) is 0 Å². The van der Waals surface area contributed by atoms with E-state index in [2.05, 4.69) is 0 Å². The Balaban J connectivity index is 1.77. The van der Waals surface area contributed by atoms with E-state index in [1.807, 2.05) is 67.4 Å². The van der Waals surface area contributed by atoms with Gasteiger partial charge in [-0.1, -0.05) is 24.3 Å². The average Bonchev–Trinajstić information content (AvgIpc) is 2.67. The van der Waals surface area contributed by atoms with E-state index in [1.54, 1.807) is 0 Å². The number of rotatable bonds is 12. The molecule has 0 saturated heterocycles. The second-order valence-corrected chi connectivity index (χ2v) is 6.22. The van der Waals surface area contributed by atoms with E-state index >= 15 is 0 Å². The van der Waals surface area contributed by atoms with Crippen molar-refractivity contribution in [3.63, 3.8) is 0 Å². The Kier molecular flexibility index (Phi) is 8.87. The lowest BCUT2D eigenvalue weighted by molar-refractivity contribution is 0.0730. The molecule has 0 unspecified atom stereocenters. The number of likely N-dealkylation sites (N-methyl/N-ethyl adjacent to an activating group) is 1. The zero-order valence-electron chi connectivity index (χ0n) is 15.9. The maximum Gasteiger partial charge on any atom is 0.161 e. The molecule has 0 bridgehead atoms. The molecule has 27 heavy (non-hydrogen) atoms. The number of hydrogen-bond acceptors (Lipinski definition) is 5. The van der Waals surface area contributed by atoms with Gasteiger partial charge in [-0.15, -0.1) is 0 Å². The maximum atomic E-state index is 12.1. The standard InChI is InChI=1S/C21H28FNO4/c1-3-25-20-6-4-5-7-21(20)27-16-18(24)15-23(2)14-17-8-10-19(11-9-17)26-13-12-22/h4-11,18,24H,3,12-16H2,1-2H3/t18-/m1/s1. The fourth-order valence-corrected chi connectivity index (χ4v) is 2.67. The first kappa shape index (κ1) is 21.0. The van der Waals surface area contributed by atoms with E-state index in [-0.39, 0.29) is 13.2 Å². The first-order valence-electron chi connectivity index (χ1n) is 9.11. The van der Waals surface area contributed by atoms with Crippen LogP contribution in [0.5, 0.6) is 17.2 Å².